The standard InChI is InChI=1S/C22H24N2OS/c25-20-12-16-6-3-5-15(16)11-18(20)14-24-10-4-7-17(13-24)22-23-19-8-1-2-9-21(19)26-22/h1-2,8-9,11-12,17,25H,3-7,10,13-14H2/t17-/m1/s1. The topological polar surface area (TPSA) is 36.4 Å². The monoisotopic (exact) mass is 364 g/mol. The number of para-hydroxylation sites is 1. The van der Waals surface area contributed by atoms with Gasteiger partial charge in [-0.15, -0.1) is 11.3 Å². The lowest BCUT2D eigenvalue weighted by Crippen LogP contribution is -2.33. The minimum atomic E-state index is 0.479. The van der Waals surface area contributed by atoms with Gasteiger partial charge in [0.2, 0.25) is 0 Å². The number of rotatable bonds is 3. The molecule has 2 aromatic carbocycles. The number of thiazole rings is 1. The van der Waals surface area contributed by atoms with E-state index in [1.807, 2.05) is 17.4 Å². The average Bonchev–Trinajstić information content (AvgIpc) is 3.28. The predicted octanol–water partition coefficient (Wildman–Crippen LogP) is 4.87. The number of nitrogens with zero attached hydrogens (tertiary/aromatic N) is 2. The molecular weight excluding hydrogens is 340 g/mol. The SMILES string of the molecule is Oc1cc2c(cc1CN1CCC[C@@H](c3nc4ccccc4s3)C1)CCC2. The first-order valence-corrected chi connectivity index (χ1v) is 10.5. The third-order valence-electron chi connectivity index (χ3n) is 5.85. The van der Waals surface area contributed by atoms with Crippen molar-refractivity contribution in [3.63, 3.8) is 0 Å². The number of hydrogen-bond acceptors (Lipinski definition) is 4. The van der Waals surface area contributed by atoms with E-state index in [2.05, 4.69) is 35.2 Å². The Kier molecular flexibility index (Phi) is 4.18. The number of likely N-dealkylation sites (tertiary alicyclic amines) is 1. The molecule has 0 radical (unpaired) electrons. The van der Waals surface area contributed by atoms with E-state index < -0.39 is 0 Å². The molecule has 5 rings (SSSR count). The van der Waals surface area contributed by atoms with Crippen molar-refractivity contribution in [2.24, 2.45) is 0 Å². The van der Waals surface area contributed by atoms with Gasteiger partial charge in [0.05, 0.1) is 15.2 Å². The van der Waals surface area contributed by atoms with Gasteiger partial charge in [-0.3, -0.25) is 4.90 Å². The molecule has 1 saturated heterocycles. The van der Waals surface area contributed by atoms with Crippen LogP contribution in [0.5, 0.6) is 5.75 Å². The van der Waals surface area contributed by atoms with Crippen LogP contribution < -0.4 is 0 Å². The van der Waals surface area contributed by atoms with Crippen LogP contribution in [0.25, 0.3) is 10.2 Å². The van der Waals surface area contributed by atoms with Crippen molar-refractivity contribution < 1.29 is 5.11 Å². The Hall–Kier alpha value is -1.91. The van der Waals surface area contributed by atoms with Gasteiger partial charge in [0.15, 0.2) is 0 Å². The Labute approximate surface area is 158 Å². The largest absolute Gasteiger partial charge is 0.508 e. The Morgan fingerprint density at radius 2 is 1.96 bits per heavy atom. The summed E-state index contributed by atoms with van der Waals surface area (Å²) in [5.41, 5.74) is 5.01. The van der Waals surface area contributed by atoms with E-state index in [4.69, 9.17) is 4.98 Å². The second kappa shape index (κ2) is 6.67. The van der Waals surface area contributed by atoms with Gasteiger partial charge in [0.25, 0.3) is 0 Å². The molecule has 4 heteroatoms. The number of fused-ring (bicyclic) bond motifs is 2. The number of phenolic OH excluding ortho intramolecular Hbond substituents is 1. The van der Waals surface area contributed by atoms with E-state index in [1.54, 1.807) is 0 Å². The molecule has 0 amide bonds. The third kappa shape index (κ3) is 3.01. The fourth-order valence-electron chi connectivity index (χ4n) is 4.50. The normalized spacial score (nSPS) is 20.5. The molecule has 3 nitrogen and oxygen atoms in total. The quantitative estimate of drug-likeness (QED) is 0.720. The highest BCUT2D eigenvalue weighted by Gasteiger charge is 2.25. The summed E-state index contributed by atoms with van der Waals surface area (Å²) in [7, 11) is 0. The molecule has 3 aromatic rings. The average molecular weight is 365 g/mol. The van der Waals surface area contributed by atoms with Gasteiger partial charge in [-0.05, 0) is 68.0 Å². The molecule has 2 aliphatic rings. The van der Waals surface area contributed by atoms with E-state index >= 15 is 0 Å². The van der Waals surface area contributed by atoms with Crippen LogP contribution in [0.2, 0.25) is 0 Å². The summed E-state index contributed by atoms with van der Waals surface area (Å²) in [6.07, 6.45) is 5.92. The van der Waals surface area contributed by atoms with Gasteiger partial charge in [-0.2, -0.15) is 0 Å². The highest BCUT2D eigenvalue weighted by atomic mass is 32.1. The predicted molar refractivity (Wildman–Crippen MR) is 107 cm³/mol. The first-order chi connectivity index (χ1) is 12.8. The van der Waals surface area contributed by atoms with Crippen LogP contribution in [0.4, 0.5) is 0 Å². The highest BCUT2D eigenvalue weighted by molar-refractivity contribution is 7.18. The first kappa shape index (κ1) is 16.3. The maximum absolute atomic E-state index is 10.4. The van der Waals surface area contributed by atoms with Crippen molar-refractivity contribution in [1.82, 2.24) is 9.88 Å². The summed E-state index contributed by atoms with van der Waals surface area (Å²) in [5.74, 6) is 0.991. The molecule has 26 heavy (non-hydrogen) atoms. The van der Waals surface area contributed by atoms with E-state index in [-0.39, 0.29) is 0 Å². The molecule has 1 aromatic heterocycles. The summed E-state index contributed by atoms with van der Waals surface area (Å²) < 4.78 is 1.29. The Morgan fingerprint density at radius 3 is 2.85 bits per heavy atom. The van der Waals surface area contributed by atoms with Crippen molar-refractivity contribution in [1.29, 1.82) is 0 Å². The molecule has 1 aliphatic heterocycles. The molecule has 1 N–H and O–H groups in total. The lowest BCUT2D eigenvalue weighted by Gasteiger charge is -2.32. The van der Waals surface area contributed by atoms with Crippen LogP contribution in [0.1, 0.15) is 46.9 Å². The van der Waals surface area contributed by atoms with Crippen molar-refractivity contribution in [2.45, 2.75) is 44.6 Å². The number of hydrogen-bond donors (Lipinski definition) is 1. The third-order valence-corrected chi connectivity index (χ3v) is 7.05. The molecule has 0 saturated carbocycles. The fraction of sp³-hybridized carbons (Fsp3) is 0.409. The van der Waals surface area contributed by atoms with E-state index in [0.717, 1.165) is 43.6 Å². The van der Waals surface area contributed by atoms with Gasteiger partial charge in [0.1, 0.15) is 5.75 Å². The second-order valence-electron chi connectivity index (χ2n) is 7.70. The molecular formula is C22H24N2OS. The zero-order chi connectivity index (χ0) is 17.5. The Morgan fingerprint density at radius 1 is 1.12 bits per heavy atom. The van der Waals surface area contributed by atoms with Crippen molar-refractivity contribution in [3.05, 3.63) is 58.1 Å². The zero-order valence-corrected chi connectivity index (χ0v) is 15.8. The van der Waals surface area contributed by atoms with Gasteiger partial charge in [0, 0.05) is 24.6 Å². The fourth-order valence-corrected chi connectivity index (χ4v) is 5.59. The van der Waals surface area contributed by atoms with Gasteiger partial charge < -0.3 is 5.11 Å². The van der Waals surface area contributed by atoms with Crippen molar-refractivity contribution in [3.8, 4) is 5.75 Å². The zero-order valence-electron chi connectivity index (χ0n) is 14.9. The Bertz CT molecular complexity index is 915. The Balaban J connectivity index is 1.34. The minimum Gasteiger partial charge on any atom is -0.508 e. The summed E-state index contributed by atoms with van der Waals surface area (Å²) in [5, 5.41) is 11.7. The summed E-state index contributed by atoms with van der Waals surface area (Å²) in [6.45, 7) is 2.99. The number of benzene rings is 2. The number of aromatic nitrogens is 1. The highest BCUT2D eigenvalue weighted by Crippen LogP contribution is 2.35. The van der Waals surface area contributed by atoms with Crippen LogP contribution in [0.15, 0.2) is 36.4 Å². The van der Waals surface area contributed by atoms with E-state index in [1.165, 1.54) is 40.1 Å². The maximum atomic E-state index is 10.4. The van der Waals surface area contributed by atoms with Gasteiger partial charge in [-0.1, -0.05) is 18.2 Å². The molecule has 134 valence electrons. The molecule has 1 aliphatic carbocycles. The summed E-state index contributed by atoms with van der Waals surface area (Å²) in [6, 6.07) is 12.7. The smallest absolute Gasteiger partial charge is 0.120 e. The molecule has 2 heterocycles. The van der Waals surface area contributed by atoms with Gasteiger partial charge >= 0.3 is 0 Å². The maximum Gasteiger partial charge on any atom is 0.120 e. The van der Waals surface area contributed by atoms with Crippen molar-refractivity contribution in [2.75, 3.05) is 13.1 Å². The van der Waals surface area contributed by atoms with Crippen LogP contribution in [-0.4, -0.2) is 28.1 Å². The molecule has 0 unspecified atom stereocenters. The number of aryl methyl sites for hydroxylation is 2. The lowest BCUT2D eigenvalue weighted by molar-refractivity contribution is 0.198. The number of piperidine rings is 1. The van der Waals surface area contributed by atoms with Gasteiger partial charge in [-0.25, -0.2) is 4.98 Å². The molecule has 0 bridgehead atoms. The lowest BCUT2D eigenvalue weighted by atomic mass is 9.97. The van der Waals surface area contributed by atoms with Crippen LogP contribution in [0.3, 0.4) is 0 Å². The number of phenols is 1. The van der Waals surface area contributed by atoms with E-state index in [9.17, 15) is 5.11 Å². The summed E-state index contributed by atoms with van der Waals surface area (Å²) in [4.78, 5) is 7.38. The van der Waals surface area contributed by atoms with Crippen molar-refractivity contribution >= 4 is 21.6 Å². The molecule has 0 spiro atoms. The summed E-state index contributed by atoms with van der Waals surface area (Å²) >= 11 is 1.84. The number of aromatic hydroxyl groups is 1. The molecule has 1 fully saturated rings. The van der Waals surface area contributed by atoms with Crippen LogP contribution in [0, 0.1) is 0 Å². The second-order valence-corrected chi connectivity index (χ2v) is 8.76. The minimum absolute atomic E-state index is 0.479. The molecule has 1 atom stereocenters. The first-order valence-electron chi connectivity index (χ1n) is 9.68. The van der Waals surface area contributed by atoms with E-state index in [0.29, 0.717) is 11.7 Å². The van der Waals surface area contributed by atoms with Crippen LogP contribution >= 0.6 is 11.3 Å². The van der Waals surface area contributed by atoms with Crippen LogP contribution in [-0.2, 0) is 19.4 Å².